The zero-order chi connectivity index (χ0) is 15.2. The molecule has 0 spiro atoms. The van der Waals surface area contributed by atoms with E-state index in [0.717, 1.165) is 5.56 Å². The Kier molecular flexibility index (Phi) is 6.14. The van der Waals surface area contributed by atoms with Gasteiger partial charge in [0.1, 0.15) is 0 Å². The molecule has 0 aromatic heterocycles. The second-order valence-electron chi connectivity index (χ2n) is 4.82. The van der Waals surface area contributed by atoms with Gasteiger partial charge in [0.2, 0.25) is 10.0 Å². The van der Waals surface area contributed by atoms with Gasteiger partial charge in [0, 0.05) is 6.04 Å². The number of ether oxygens (including phenoxy) is 1. The van der Waals surface area contributed by atoms with E-state index in [9.17, 15) is 8.42 Å². The fraction of sp³-hybridized carbons (Fsp3) is 0.500. The number of nitrogens with one attached hydrogen (secondary N) is 1. The molecule has 1 atom stereocenters. The van der Waals surface area contributed by atoms with Gasteiger partial charge in [-0.25, -0.2) is 13.1 Å². The summed E-state index contributed by atoms with van der Waals surface area (Å²) in [6, 6.07) is 8.54. The van der Waals surface area contributed by atoms with Crippen LogP contribution in [0.5, 0.6) is 0 Å². The summed E-state index contributed by atoms with van der Waals surface area (Å²) in [6.07, 6.45) is 0.00920. The predicted octanol–water partition coefficient (Wildman–Crippen LogP) is 1.96. The molecule has 0 amide bonds. The average Bonchev–Trinajstić information content (AvgIpc) is 2.37. The van der Waals surface area contributed by atoms with Crippen molar-refractivity contribution in [1.29, 1.82) is 5.26 Å². The third-order valence-electron chi connectivity index (χ3n) is 2.68. The summed E-state index contributed by atoms with van der Waals surface area (Å²) in [4.78, 5) is 0. The summed E-state index contributed by atoms with van der Waals surface area (Å²) in [5.74, 6) is -0.0759. The highest BCUT2D eigenvalue weighted by molar-refractivity contribution is 7.89. The molecule has 0 saturated heterocycles. The van der Waals surface area contributed by atoms with E-state index in [0.29, 0.717) is 5.56 Å². The molecular formula is C14H20N2O3S. The summed E-state index contributed by atoms with van der Waals surface area (Å²) < 4.78 is 31.6. The number of rotatable bonds is 7. The number of hydrogen-bond acceptors (Lipinski definition) is 4. The van der Waals surface area contributed by atoms with Crippen LogP contribution >= 0.6 is 0 Å². The van der Waals surface area contributed by atoms with Gasteiger partial charge in [0.05, 0.1) is 30.1 Å². The van der Waals surface area contributed by atoms with E-state index in [2.05, 4.69) is 4.72 Å². The van der Waals surface area contributed by atoms with Gasteiger partial charge >= 0.3 is 0 Å². The zero-order valence-electron chi connectivity index (χ0n) is 12.0. The molecule has 0 saturated carbocycles. The van der Waals surface area contributed by atoms with E-state index in [1.807, 2.05) is 19.9 Å². The van der Waals surface area contributed by atoms with Crippen molar-refractivity contribution in [3.05, 3.63) is 35.4 Å². The summed E-state index contributed by atoms with van der Waals surface area (Å²) in [5, 5.41) is 8.84. The molecular weight excluding hydrogens is 276 g/mol. The molecule has 6 heteroatoms. The molecule has 1 aromatic rings. The highest BCUT2D eigenvalue weighted by Gasteiger charge is 2.16. The summed E-state index contributed by atoms with van der Waals surface area (Å²) >= 11 is 0. The first-order valence-electron chi connectivity index (χ1n) is 6.45. The van der Waals surface area contributed by atoms with Crippen LogP contribution in [0.15, 0.2) is 24.3 Å². The molecule has 20 heavy (non-hydrogen) atoms. The van der Waals surface area contributed by atoms with Crippen molar-refractivity contribution in [2.75, 3.05) is 12.4 Å². The number of sulfonamides is 1. The van der Waals surface area contributed by atoms with Crippen molar-refractivity contribution in [2.24, 2.45) is 0 Å². The van der Waals surface area contributed by atoms with Gasteiger partial charge in [0.15, 0.2) is 0 Å². The Morgan fingerprint density at radius 1 is 1.35 bits per heavy atom. The standard InChI is InChI=1S/C14H20N2O3S/c1-11(2)19-7-8-20(17,18)16-12(3)14-6-4-5-13(9-14)10-15/h4-6,9,11-12,16H,7-8H2,1-3H3/t12-/m0/s1. The van der Waals surface area contributed by atoms with Crippen LogP contribution in [0.2, 0.25) is 0 Å². The van der Waals surface area contributed by atoms with Crippen molar-refractivity contribution < 1.29 is 13.2 Å². The zero-order valence-corrected chi connectivity index (χ0v) is 12.8. The lowest BCUT2D eigenvalue weighted by Gasteiger charge is -2.15. The molecule has 0 heterocycles. The lowest BCUT2D eigenvalue weighted by atomic mass is 10.1. The Hall–Kier alpha value is -1.42. The minimum absolute atomic E-state index is 0.00920. The van der Waals surface area contributed by atoms with Gasteiger partial charge in [0.25, 0.3) is 0 Å². The second-order valence-corrected chi connectivity index (χ2v) is 6.69. The molecule has 110 valence electrons. The Balaban J connectivity index is 2.64. The average molecular weight is 296 g/mol. The molecule has 0 aliphatic heterocycles. The van der Waals surface area contributed by atoms with Crippen molar-refractivity contribution in [3.63, 3.8) is 0 Å². The third kappa shape index (κ3) is 5.70. The van der Waals surface area contributed by atoms with Gasteiger partial charge < -0.3 is 4.74 Å². The Labute approximate surface area is 120 Å². The van der Waals surface area contributed by atoms with E-state index in [-0.39, 0.29) is 24.5 Å². The molecule has 1 aromatic carbocycles. The fourth-order valence-electron chi connectivity index (χ4n) is 1.67. The van der Waals surface area contributed by atoms with E-state index in [1.165, 1.54) is 0 Å². The minimum atomic E-state index is -3.40. The first-order chi connectivity index (χ1) is 9.34. The summed E-state index contributed by atoms with van der Waals surface area (Å²) in [7, 11) is -3.40. The molecule has 5 nitrogen and oxygen atoms in total. The van der Waals surface area contributed by atoms with Crippen LogP contribution in [-0.2, 0) is 14.8 Å². The monoisotopic (exact) mass is 296 g/mol. The normalized spacial score (nSPS) is 13.2. The molecule has 0 aliphatic carbocycles. The van der Waals surface area contributed by atoms with Crippen molar-refractivity contribution >= 4 is 10.0 Å². The van der Waals surface area contributed by atoms with Gasteiger partial charge in [-0.3, -0.25) is 0 Å². The summed E-state index contributed by atoms with van der Waals surface area (Å²) in [5.41, 5.74) is 1.27. The highest BCUT2D eigenvalue weighted by atomic mass is 32.2. The number of nitriles is 1. The quantitative estimate of drug-likeness (QED) is 0.834. The molecule has 1 rings (SSSR count). The first-order valence-corrected chi connectivity index (χ1v) is 8.11. The molecule has 0 radical (unpaired) electrons. The number of benzene rings is 1. The molecule has 0 aliphatic rings. The predicted molar refractivity (Wildman–Crippen MR) is 77.6 cm³/mol. The Morgan fingerprint density at radius 2 is 2.05 bits per heavy atom. The van der Waals surface area contributed by atoms with Crippen molar-refractivity contribution in [3.8, 4) is 6.07 Å². The van der Waals surface area contributed by atoms with Gasteiger partial charge in [-0.15, -0.1) is 0 Å². The summed E-state index contributed by atoms with van der Waals surface area (Å²) in [6.45, 7) is 5.63. The van der Waals surface area contributed by atoms with Gasteiger partial charge in [-0.2, -0.15) is 5.26 Å². The van der Waals surface area contributed by atoms with E-state index in [1.54, 1.807) is 31.2 Å². The first kappa shape index (κ1) is 16.6. The largest absolute Gasteiger partial charge is 0.378 e. The molecule has 0 bridgehead atoms. The van der Waals surface area contributed by atoms with Gasteiger partial charge in [-0.1, -0.05) is 12.1 Å². The topological polar surface area (TPSA) is 79.2 Å². The maximum absolute atomic E-state index is 11.9. The molecule has 0 unspecified atom stereocenters. The minimum Gasteiger partial charge on any atom is -0.378 e. The SMILES string of the molecule is CC(C)OCCS(=O)(=O)N[C@@H](C)c1cccc(C#N)c1. The van der Waals surface area contributed by atoms with Crippen LogP contribution in [-0.4, -0.2) is 26.9 Å². The van der Waals surface area contributed by atoms with Crippen LogP contribution < -0.4 is 4.72 Å². The van der Waals surface area contributed by atoms with Gasteiger partial charge in [-0.05, 0) is 38.5 Å². The van der Waals surface area contributed by atoms with Crippen molar-refractivity contribution in [1.82, 2.24) is 4.72 Å². The maximum Gasteiger partial charge on any atom is 0.214 e. The molecule has 0 fully saturated rings. The van der Waals surface area contributed by atoms with E-state index < -0.39 is 10.0 Å². The second kappa shape index (κ2) is 7.39. The fourth-order valence-corrected chi connectivity index (χ4v) is 2.78. The van der Waals surface area contributed by atoms with Crippen LogP contribution in [0, 0.1) is 11.3 Å². The number of nitrogens with zero attached hydrogens (tertiary/aromatic N) is 1. The van der Waals surface area contributed by atoms with Crippen LogP contribution in [0.25, 0.3) is 0 Å². The third-order valence-corrected chi connectivity index (χ3v) is 4.09. The van der Waals surface area contributed by atoms with Crippen LogP contribution in [0.1, 0.15) is 37.9 Å². The number of hydrogen-bond donors (Lipinski definition) is 1. The van der Waals surface area contributed by atoms with E-state index >= 15 is 0 Å². The lowest BCUT2D eigenvalue weighted by Crippen LogP contribution is -2.31. The van der Waals surface area contributed by atoms with Crippen LogP contribution in [0.4, 0.5) is 0 Å². The smallest absolute Gasteiger partial charge is 0.214 e. The van der Waals surface area contributed by atoms with Crippen molar-refractivity contribution in [2.45, 2.75) is 32.9 Å². The maximum atomic E-state index is 11.9. The highest BCUT2D eigenvalue weighted by Crippen LogP contribution is 2.14. The lowest BCUT2D eigenvalue weighted by molar-refractivity contribution is 0.0911. The molecule has 1 N–H and O–H groups in total. The Morgan fingerprint density at radius 3 is 2.65 bits per heavy atom. The van der Waals surface area contributed by atoms with E-state index in [4.69, 9.17) is 10.00 Å². The Bertz CT molecular complexity index is 576. The van der Waals surface area contributed by atoms with Crippen LogP contribution in [0.3, 0.4) is 0 Å².